The van der Waals surface area contributed by atoms with Crippen LogP contribution < -0.4 is 19.5 Å². The Balaban J connectivity index is 1.41. The van der Waals surface area contributed by atoms with Crippen LogP contribution in [0.3, 0.4) is 0 Å². The van der Waals surface area contributed by atoms with Gasteiger partial charge in [0.25, 0.3) is 5.91 Å². The van der Waals surface area contributed by atoms with Crippen molar-refractivity contribution in [3.8, 4) is 17.2 Å². The molecule has 170 valence electrons. The predicted octanol–water partition coefficient (Wildman–Crippen LogP) is 4.93. The maximum absolute atomic E-state index is 12.8. The summed E-state index contributed by atoms with van der Waals surface area (Å²) in [6, 6.07) is 17.3. The van der Waals surface area contributed by atoms with Crippen LogP contribution in [-0.4, -0.2) is 37.2 Å². The summed E-state index contributed by atoms with van der Waals surface area (Å²) in [6.07, 6.45) is 1.66. The molecule has 3 aromatic carbocycles. The van der Waals surface area contributed by atoms with E-state index >= 15 is 0 Å². The van der Waals surface area contributed by atoms with Gasteiger partial charge in [0.1, 0.15) is 5.82 Å². The van der Waals surface area contributed by atoms with Gasteiger partial charge >= 0.3 is 0 Å². The van der Waals surface area contributed by atoms with E-state index in [2.05, 4.69) is 34.3 Å². The number of rotatable bonds is 8. The second-order valence-corrected chi connectivity index (χ2v) is 7.77. The van der Waals surface area contributed by atoms with Gasteiger partial charge in [0.2, 0.25) is 5.75 Å². The van der Waals surface area contributed by atoms with Crippen LogP contribution in [0.2, 0.25) is 0 Å². The summed E-state index contributed by atoms with van der Waals surface area (Å²) in [7, 11) is 4.56. The van der Waals surface area contributed by atoms with E-state index in [9.17, 15) is 4.79 Å². The molecule has 7 heteroatoms. The highest BCUT2D eigenvalue weighted by molar-refractivity contribution is 6.05. The molecule has 0 saturated carbocycles. The average molecular weight is 446 g/mol. The molecule has 0 radical (unpaired) electrons. The predicted molar refractivity (Wildman–Crippen MR) is 129 cm³/mol. The van der Waals surface area contributed by atoms with Crippen molar-refractivity contribution in [2.45, 2.75) is 19.8 Å². The normalized spacial score (nSPS) is 10.8. The molecule has 0 saturated heterocycles. The number of nitrogens with zero attached hydrogens (tertiary/aromatic N) is 1. The SMILES string of the molecule is COc1cc(C(=O)Nc2ccc(CCc3nc4ccc(C)cc4[nH]3)cc2)cc(OC)c1OC. The number of H-pyrrole nitrogens is 1. The molecular formula is C26H27N3O4. The first kappa shape index (κ1) is 22.2. The number of fused-ring (bicyclic) bond motifs is 1. The minimum atomic E-state index is -0.264. The number of hydrogen-bond donors (Lipinski definition) is 2. The number of methoxy groups -OCH3 is 3. The number of aryl methyl sites for hydroxylation is 3. The summed E-state index contributed by atoms with van der Waals surface area (Å²) in [5.74, 6) is 2.01. The lowest BCUT2D eigenvalue weighted by molar-refractivity contribution is 0.102. The Morgan fingerprint density at radius 1 is 0.909 bits per heavy atom. The van der Waals surface area contributed by atoms with Gasteiger partial charge in [-0.3, -0.25) is 4.79 Å². The van der Waals surface area contributed by atoms with Crippen molar-refractivity contribution in [2.24, 2.45) is 0 Å². The molecule has 0 spiro atoms. The Morgan fingerprint density at radius 2 is 1.61 bits per heavy atom. The Kier molecular flexibility index (Phi) is 6.49. The van der Waals surface area contributed by atoms with Gasteiger partial charge in [-0.2, -0.15) is 0 Å². The van der Waals surface area contributed by atoms with E-state index in [1.54, 1.807) is 12.1 Å². The molecule has 33 heavy (non-hydrogen) atoms. The minimum Gasteiger partial charge on any atom is -0.493 e. The number of nitrogens with one attached hydrogen (secondary N) is 2. The third-order valence-electron chi connectivity index (χ3n) is 5.48. The van der Waals surface area contributed by atoms with Gasteiger partial charge < -0.3 is 24.5 Å². The molecule has 0 bridgehead atoms. The van der Waals surface area contributed by atoms with Crippen LogP contribution in [0.25, 0.3) is 11.0 Å². The molecule has 0 aliphatic rings. The number of anilines is 1. The summed E-state index contributed by atoms with van der Waals surface area (Å²) in [5, 5.41) is 2.91. The topological polar surface area (TPSA) is 85.5 Å². The highest BCUT2D eigenvalue weighted by Crippen LogP contribution is 2.38. The third-order valence-corrected chi connectivity index (χ3v) is 5.48. The van der Waals surface area contributed by atoms with Crippen molar-refractivity contribution in [3.63, 3.8) is 0 Å². The molecule has 4 aromatic rings. The molecule has 0 aliphatic carbocycles. The quantitative estimate of drug-likeness (QED) is 0.401. The summed E-state index contributed by atoms with van der Waals surface area (Å²) in [5.41, 5.74) is 5.54. The number of carbonyl (C=O) groups excluding carboxylic acids is 1. The summed E-state index contributed by atoms with van der Waals surface area (Å²) in [4.78, 5) is 20.8. The number of ether oxygens (including phenoxy) is 3. The summed E-state index contributed by atoms with van der Waals surface area (Å²) in [6.45, 7) is 2.07. The van der Waals surface area contributed by atoms with Crippen LogP contribution in [0.5, 0.6) is 17.2 Å². The van der Waals surface area contributed by atoms with Gasteiger partial charge in [-0.25, -0.2) is 4.98 Å². The molecule has 1 amide bonds. The van der Waals surface area contributed by atoms with E-state index in [1.807, 2.05) is 30.3 Å². The van der Waals surface area contributed by atoms with Gasteiger partial charge in [0.05, 0.1) is 32.4 Å². The van der Waals surface area contributed by atoms with Crippen LogP contribution in [0.15, 0.2) is 54.6 Å². The zero-order valence-corrected chi connectivity index (χ0v) is 19.2. The average Bonchev–Trinajstić information content (AvgIpc) is 3.24. The van der Waals surface area contributed by atoms with Gasteiger partial charge in [-0.05, 0) is 60.9 Å². The number of hydrogen-bond acceptors (Lipinski definition) is 5. The second-order valence-electron chi connectivity index (χ2n) is 7.77. The molecule has 2 N–H and O–H groups in total. The Labute approximate surface area is 192 Å². The molecular weight excluding hydrogens is 418 g/mol. The number of aromatic amines is 1. The Morgan fingerprint density at radius 3 is 2.24 bits per heavy atom. The zero-order chi connectivity index (χ0) is 23.4. The lowest BCUT2D eigenvalue weighted by Crippen LogP contribution is -2.12. The van der Waals surface area contributed by atoms with E-state index in [0.717, 1.165) is 35.3 Å². The Hall–Kier alpha value is -4.00. The standard InChI is InChI=1S/C26H27N3O4/c1-16-5-11-20-21(13-16)29-24(28-20)12-8-17-6-9-19(10-7-17)27-26(30)18-14-22(31-2)25(33-4)23(15-18)32-3/h5-7,9-11,13-15H,8,12H2,1-4H3,(H,27,30)(H,28,29). The highest BCUT2D eigenvalue weighted by atomic mass is 16.5. The number of carbonyl (C=O) groups is 1. The van der Waals surface area contributed by atoms with E-state index in [-0.39, 0.29) is 5.91 Å². The first-order valence-electron chi connectivity index (χ1n) is 10.7. The number of aromatic nitrogens is 2. The van der Waals surface area contributed by atoms with Crippen LogP contribution in [0.4, 0.5) is 5.69 Å². The summed E-state index contributed by atoms with van der Waals surface area (Å²) >= 11 is 0. The molecule has 0 unspecified atom stereocenters. The minimum absolute atomic E-state index is 0.264. The molecule has 0 aliphatic heterocycles. The van der Waals surface area contributed by atoms with Crippen LogP contribution in [-0.2, 0) is 12.8 Å². The molecule has 7 nitrogen and oxygen atoms in total. The van der Waals surface area contributed by atoms with Crippen molar-refractivity contribution in [2.75, 3.05) is 26.6 Å². The highest BCUT2D eigenvalue weighted by Gasteiger charge is 2.17. The fraction of sp³-hybridized carbons (Fsp3) is 0.231. The Bertz CT molecular complexity index is 1250. The van der Waals surface area contributed by atoms with E-state index < -0.39 is 0 Å². The maximum atomic E-state index is 12.8. The fourth-order valence-electron chi connectivity index (χ4n) is 3.73. The van der Waals surface area contributed by atoms with Crippen molar-refractivity contribution in [1.82, 2.24) is 9.97 Å². The van der Waals surface area contributed by atoms with Gasteiger partial charge in [-0.1, -0.05) is 18.2 Å². The second kappa shape index (κ2) is 9.65. The molecule has 0 atom stereocenters. The molecule has 4 rings (SSSR count). The lowest BCUT2D eigenvalue weighted by atomic mass is 10.1. The smallest absolute Gasteiger partial charge is 0.255 e. The molecule has 0 fully saturated rings. The van der Waals surface area contributed by atoms with Crippen molar-refractivity contribution in [1.29, 1.82) is 0 Å². The van der Waals surface area contributed by atoms with Gasteiger partial charge in [-0.15, -0.1) is 0 Å². The van der Waals surface area contributed by atoms with Gasteiger partial charge in [0.15, 0.2) is 11.5 Å². The maximum Gasteiger partial charge on any atom is 0.255 e. The molecule has 1 heterocycles. The first-order valence-corrected chi connectivity index (χ1v) is 10.7. The van der Waals surface area contributed by atoms with Crippen molar-refractivity contribution >= 4 is 22.6 Å². The number of amides is 1. The van der Waals surface area contributed by atoms with Crippen LogP contribution in [0, 0.1) is 6.92 Å². The third kappa shape index (κ3) is 4.92. The van der Waals surface area contributed by atoms with Crippen LogP contribution in [0.1, 0.15) is 27.3 Å². The summed E-state index contributed by atoms with van der Waals surface area (Å²) < 4.78 is 16.0. The van der Waals surface area contributed by atoms with Crippen molar-refractivity contribution < 1.29 is 19.0 Å². The van der Waals surface area contributed by atoms with Crippen LogP contribution >= 0.6 is 0 Å². The van der Waals surface area contributed by atoms with Gasteiger partial charge in [0, 0.05) is 17.7 Å². The van der Waals surface area contributed by atoms with E-state index in [4.69, 9.17) is 14.2 Å². The van der Waals surface area contributed by atoms with E-state index in [1.165, 1.54) is 26.9 Å². The first-order chi connectivity index (χ1) is 16.0. The lowest BCUT2D eigenvalue weighted by Gasteiger charge is -2.14. The fourth-order valence-corrected chi connectivity index (χ4v) is 3.73. The zero-order valence-electron chi connectivity index (χ0n) is 19.2. The number of benzene rings is 3. The van der Waals surface area contributed by atoms with E-state index in [0.29, 0.717) is 28.5 Å². The number of imidazole rings is 1. The van der Waals surface area contributed by atoms with Crippen molar-refractivity contribution in [3.05, 3.63) is 77.1 Å². The molecule has 1 aromatic heterocycles. The monoisotopic (exact) mass is 445 g/mol. The largest absolute Gasteiger partial charge is 0.493 e.